The van der Waals surface area contributed by atoms with Crippen LogP contribution in [0.2, 0.25) is 0 Å². The summed E-state index contributed by atoms with van der Waals surface area (Å²) >= 11 is 5.09. The van der Waals surface area contributed by atoms with Gasteiger partial charge in [0.1, 0.15) is 0 Å². The van der Waals surface area contributed by atoms with E-state index in [9.17, 15) is 9.59 Å². The zero-order valence-electron chi connectivity index (χ0n) is 16.0. The van der Waals surface area contributed by atoms with E-state index < -0.39 is 5.97 Å². The molecule has 0 fully saturated rings. The van der Waals surface area contributed by atoms with Crippen molar-refractivity contribution in [3.05, 3.63) is 77.3 Å². The number of halogens is 1. The van der Waals surface area contributed by atoms with E-state index in [-0.39, 0.29) is 18.9 Å². The van der Waals surface area contributed by atoms with Crippen molar-refractivity contribution >= 4 is 56.6 Å². The van der Waals surface area contributed by atoms with Crippen LogP contribution in [0.4, 0.5) is 17.1 Å². The number of esters is 1. The fourth-order valence-corrected chi connectivity index (χ4v) is 4.67. The Balaban J connectivity index is 1.35. The molecule has 0 unspecified atom stereocenters. The van der Waals surface area contributed by atoms with E-state index in [1.165, 1.54) is 0 Å². The first-order valence-corrected chi connectivity index (χ1v) is 11.1. The zero-order chi connectivity index (χ0) is 20.9. The number of amides is 1. The van der Waals surface area contributed by atoms with E-state index in [1.54, 1.807) is 17.8 Å². The molecule has 1 heterocycles. The summed E-state index contributed by atoms with van der Waals surface area (Å²) in [6.45, 7) is 0.155. The SMILES string of the molecule is O=C(COC(=O)CCN1c2ccccc2Sc2ccccc21)Nc1ccccc1Br. The average molecular weight is 483 g/mol. The number of carbonyl (C=O) groups is 2. The quantitative estimate of drug-likeness (QED) is 0.461. The van der Waals surface area contributed by atoms with Crippen molar-refractivity contribution in [1.82, 2.24) is 0 Å². The molecule has 5 nitrogen and oxygen atoms in total. The molecular formula is C23H19BrN2O3S. The second-order valence-corrected chi connectivity index (χ2v) is 8.57. The number of ether oxygens (including phenoxy) is 1. The molecule has 30 heavy (non-hydrogen) atoms. The largest absolute Gasteiger partial charge is 0.456 e. The predicted molar refractivity (Wildman–Crippen MR) is 122 cm³/mol. The Morgan fingerprint density at radius 1 is 0.900 bits per heavy atom. The first-order chi connectivity index (χ1) is 14.6. The average Bonchev–Trinajstić information content (AvgIpc) is 2.76. The van der Waals surface area contributed by atoms with Crippen LogP contribution in [0.1, 0.15) is 6.42 Å². The van der Waals surface area contributed by atoms with Crippen molar-refractivity contribution in [1.29, 1.82) is 0 Å². The second-order valence-electron chi connectivity index (χ2n) is 6.63. The highest BCUT2D eigenvalue weighted by Gasteiger charge is 2.23. The topological polar surface area (TPSA) is 58.6 Å². The van der Waals surface area contributed by atoms with Gasteiger partial charge in [0.2, 0.25) is 0 Å². The monoisotopic (exact) mass is 482 g/mol. The molecule has 0 saturated heterocycles. The molecule has 0 spiro atoms. The van der Waals surface area contributed by atoms with E-state index in [1.807, 2.05) is 42.5 Å². The minimum Gasteiger partial charge on any atom is -0.456 e. The van der Waals surface area contributed by atoms with E-state index in [0.717, 1.165) is 25.6 Å². The van der Waals surface area contributed by atoms with Crippen LogP contribution in [0.5, 0.6) is 0 Å². The maximum atomic E-state index is 12.3. The zero-order valence-corrected chi connectivity index (χ0v) is 18.4. The number of hydrogen-bond donors (Lipinski definition) is 1. The molecule has 3 aromatic rings. The van der Waals surface area contributed by atoms with Gasteiger partial charge in [-0.3, -0.25) is 9.59 Å². The van der Waals surface area contributed by atoms with Crippen molar-refractivity contribution in [2.24, 2.45) is 0 Å². The normalized spacial score (nSPS) is 12.0. The smallest absolute Gasteiger partial charge is 0.308 e. The summed E-state index contributed by atoms with van der Waals surface area (Å²) in [5.74, 6) is -0.786. The van der Waals surface area contributed by atoms with E-state index in [4.69, 9.17) is 4.74 Å². The predicted octanol–water partition coefficient (Wildman–Crippen LogP) is 5.62. The Morgan fingerprint density at radius 3 is 2.17 bits per heavy atom. The molecule has 152 valence electrons. The van der Waals surface area contributed by atoms with Crippen LogP contribution in [0.3, 0.4) is 0 Å². The highest BCUT2D eigenvalue weighted by Crippen LogP contribution is 2.47. The van der Waals surface area contributed by atoms with Crippen LogP contribution in [0.15, 0.2) is 87.1 Å². The van der Waals surface area contributed by atoms with Crippen molar-refractivity contribution in [3.63, 3.8) is 0 Å². The third-order valence-corrected chi connectivity index (χ3v) is 6.41. The number of nitrogens with zero attached hydrogens (tertiary/aromatic N) is 1. The Kier molecular flexibility index (Phi) is 6.40. The highest BCUT2D eigenvalue weighted by atomic mass is 79.9. The Hall–Kier alpha value is -2.77. The van der Waals surface area contributed by atoms with Crippen LogP contribution in [-0.4, -0.2) is 25.0 Å². The Labute approximate surface area is 187 Å². The van der Waals surface area contributed by atoms with Gasteiger partial charge in [-0.1, -0.05) is 48.2 Å². The number of rotatable bonds is 6. The molecule has 3 aromatic carbocycles. The lowest BCUT2D eigenvalue weighted by molar-refractivity contribution is -0.147. The molecule has 0 aromatic heterocycles. The number of benzene rings is 3. The number of fused-ring (bicyclic) bond motifs is 2. The van der Waals surface area contributed by atoms with E-state index in [0.29, 0.717) is 12.2 Å². The summed E-state index contributed by atoms with van der Waals surface area (Å²) in [6, 6.07) is 23.5. The molecule has 1 N–H and O–H groups in total. The lowest BCUT2D eigenvalue weighted by atomic mass is 10.2. The first kappa shape index (κ1) is 20.5. The van der Waals surface area contributed by atoms with Gasteiger partial charge in [-0.15, -0.1) is 0 Å². The van der Waals surface area contributed by atoms with Crippen molar-refractivity contribution in [2.75, 3.05) is 23.4 Å². The third-order valence-electron chi connectivity index (χ3n) is 4.58. The fraction of sp³-hybridized carbons (Fsp3) is 0.130. The van der Waals surface area contributed by atoms with Crippen molar-refractivity contribution in [2.45, 2.75) is 16.2 Å². The Morgan fingerprint density at radius 2 is 1.50 bits per heavy atom. The van der Waals surface area contributed by atoms with E-state index >= 15 is 0 Å². The van der Waals surface area contributed by atoms with Gasteiger partial charge in [0.25, 0.3) is 5.91 Å². The van der Waals surface area contributed by atoms with Gasteiger partial charge < -0.3 is 15.0 Å². The summed E-state index contributed by atoms with van der Waals surface area (Å²) in [5.41, 5.74) is 2.78. The lowest BCUT2D eigenvalue weighted by Crippen LogP contribution is -2.26. The second kappa shape index (κ2) is 9.36. The molecular weight excluding hydrogens is 464 g/mol. The number of hydrogen-bond acceptors (Lipinski definition) is 5. The maximum Gasteiger partial charge on any atom is 0.308 e. The van der Waals surface area contributed by atoms with Gasteiger partial charge in [0.15, 0.2) is 6.61 Å². The molecule has 0 bridgehead atoms. The molecule has 1 amide bonds. The van der Waals surface area contributed by atoms with Crippen LogP contribution in [-0.2, 0) is 14.3 Å². The number of para-hydroxylation sites is 3. The third kappa shape index (κ3) is 4.68. The molecule has 0 aliphatic carbocycles. The molecule has 0 radical (unpaired) electrons. The van der Waals surface area contributed by atoms with Gasteiger partial charge in [-0.05, 0) is 52.3 Å². The summed E-state index contributed by atoms with van der Waals surface area (Å²) in [7, 11) is 0. The summed E-state index contributed by atoms with van der Waals surface area (Å²) < 4.78 is 5.95. The van der Waals surface area contributed by atoms with Gasteiger partial charge in [0.05, 0.1) is 23.5 Å². The van der Waals surface area contributed by atoms with Gasteiger partial charge in [-0.2, -0.15) is 0 Å². The highest BCUT2D eigenvalue weighted by molar-refractivity contribution is 9.10. The van der Waals surface area contributed by atoms with Gasteiger partial charge in [0, 0.05) is 20.8 Å². The standard InChI is InChI=1S/C23H19BrN2O3S/c24-16-7-1-2-8-17(16)25-22(27)15-29-23(28)13-14-26-18-9-3-5-11-20(18)30-21-12-6-4-10-19(21)26/h1-12H,13-15H2,(H,25,27). The summed E-state index contributed by atoms with van der Waals surface area (Å²) in [4.78, 5) is 28.8. The number of anilines is 3. The van der Waals surface area contributed by atoms with Gasteiger partial charge in [-0.25, -0.2) is 0 Å². The van der Waals surface area contributed by atoms with Crippen LogP contribution < -0.4 is 10.2 Å². The van der Waals surface area contributed by atoms with Crippen molar-refractivity contribution < 1.29 is 14.3 Å². The minimum absolute atomic E-state index is 0.176. The lowest BCUT2D eigenvalue weighted by Gasteiger charge is -2.32. The van der Waals surface area contributed by atoms with E-state index in [2.05, 4.69) is 50.4 Å². The van der Waals surface area contributed by atoms with Crippen molar-refractivity contribution in [3.8, 4) is 0 Å². The summed E-state index contributed by atoms with van der Waals surface area (Å²) in [5, 5.41) is 2.72. The Bertz CT molecular complexity index is 1040. The fourth-order valence-electron chi connectivity index (χ4n) is 3.19. The maximum absolute atomic E-state index is 12.3. The molecule has 4 rings (SSSR count). The molecule has 7 heteroatoms. The van der Waals surface area contributed by atoms with Crippen LogP contribution in [0.25, 0.3) is 0 Å². The first-order valence-electron chi connectivity index (χ1n) is 9.45. The summed E-state index contributed by atoms with van der Waals surface area (Å²) in [6.07, 6.45) is 0.176. The molecule has 1 aliphatic heterocycles. The van der Waals surface area contributed by atoms with Crippen LogP contribution >= 0.6 is 27.7 Å². The molecule has 0 atom stereocenters. The minimum atomic E-state index is -0.412. The number of nitrogens with one attached hydrogen (secondary N) is 1. The van der Waals surface area contributed by atoms with Crippen LogP contribution in [0, 0.1) is 0 Å². The van der Waals surface area contributed by atoms with Gasteiger partial charge >= 0.3 is 5.97 Å². The molecule has 0 saturated carbocycles. The number of carbonyl (C=O) groups excluding carboxylic acids is 2. The molecule has 1 aliphatic rings.